The maximum absolute atomic E-state index is 12.9. The largest absolute Gasteiger partial charge is 0.396 e. The van der Waals surface area contributed by atoms with E-state index in [9.17, 15) is 15.0 Å². The Hall–Kier alpha value is -3.15. The zero-order valence-corrected chi connectivity index (χ0v) is 18.2. The number of aliphatic hydroxyl groups is 2. The van der Waals surface area contributed by atoms with E-state index in [1.807, 2.05) is 37.3 Å². The van der Waals surface area contributed by atoms with Crippen LogP contribution in [0, 0.1) is 0 Å². The third-order valence-electron chi connectivity index (χ3n) is 6.59. The van der Waals surface area contributed by atoms with Gasteiger partial charge in [-0.15, -0.1) is 0 Å². The highest BCUT2D eigenvalue weighted by molar-refractivity contribution is 6.09. The molecule has 5 nitrogen and oxygen atoms in total. The molecule has 0 radical (unpaired) electrons. The molecule has 1 amide bonds. The van der Waals surface area contributed by atoms with Gasteiger partial charge in [-0.3, -0.25) is 4.79 Å². The lowest BCUT2D eigenvalue weighted by Crippen LogP contribution is -2.13. The summed E-state index contributed by atoms with van der Waals surface area (Å²) in [6.45, 7) is 3.23. The van der Waals surface area contributed by atoms with Crippen LogP contribution < -0.4 is 10.6 Å². The lowest BCUT2D eigenvalue weighted by atomic mass is 9.87. The van der Waals surface area contributed by atoms with E-state index >= 15 is 0 Å². The summed E-state index contributed by atoms with van der Waals surface area (Å²) >= 11 is 0. The second kappa shape index (κ2) is 8.41. The lowest BCUT2D eigenvalue weighted by molar-refractivity contribution is 0.0966. The quantitative estimate of drug-likeness (QED) is 0.329. The van der Waals surface area contributed by atoms with Gasteiger partial charge in [-0.2, -0.15) is 0 Å². The maximum atomic E-state index is 12.9. The van der Waals surface area contributed by atoms with Gasteiger partial charge in [-0.25, -0.2) is 0 Å². The highest BCUT2D eigenvalue weighted by Crippen LogP contribution is 2.46. The molecule has 3 aromatic carbocycles. The van der Waals surface area contributed by atoms with E-state index in [1.165, 1.54) is 11.1 Å². The second-order valence-electron chi connectivity index (χ2n) is 8.56. The fraction of sp³-hybridized carbons (Fsp3) is 0.296. The number of fused-ring (bicyclic) bond motifs is 5. The van der Waals surface area contributed by atoms with Crippen molar-refractivity contribution < 1.29 is 15.0 Å². The molecular weight excluding hydrogens is 400 g/mol. The molecule has 2 aliphatic rings. The Morgan fingerprint density at radius 1 is 1.03 bits per heavy atom. The molecule has 1 aliphatic carbocycles. The van der Waals surface area contributed by atoms with Crippen molar-refractivity contribution in [1.29, 1.82) is 0 Å². The Kier molecular flexibility index (Phi) is 5.45. The molecule has 1 unspecified atom stereocenters. The molecule has 5 heteroatoms. The minimum atomic E-state index is -0.535. The normalized spacial score (nSPS) is 14.5. The number of benzene rings is 3. The molecule has 0 fully saturated rings. The fourth-order valence-electron chi connectivity index (χ4n) is 4.97. The van der Waals surface area contributed by atoms with Gasteiger partial charge < -0.3 is 20.8 Å². The lowest BCUT2D eigenvalue weighted by Gasteiger charge is -2.19. The molecule has 1 aliphatic heterocycles. The van der Waals surface area contributed by atoms with Gasteiger partial charge in [0.25, 0.3) is 5.91 Å². The Labute approximate surface area is 188 Å². The van der Waals surface area contributed by atoms with Crippen molar-refractivity contribution in [2.24, 2.45) is 0 Å². The molecule has 0 saturated carbocycles. The number of nitrogens with one attached hydrogen (secondary N) is 2. The molecule has 0 saturated heterocycles. The summed E-state index contributed by atoms with van der Waals surface area (Å²) < 4.78 is 0. The molecule has 0 spiro atoms. The van der Waals surface area contributed by atoms with Crippen LogP contribution in [-0.2, 0) is 13.0 Å². The van der Waals surface area contributed by atoms with Crippen molar-refractivity contribution in [3.8, 4) is 22.3 Å². The molecule has 3 aromatic rings. The van der Waals surface area contributed by atoms with Gasteiger partial charge >= 0.3 is 0 Å². The standard InChI is InChI=1S/C27H28N2O3/c1-2-24(31)17-8-9-23(28-10-5-11-30)21(13-17)20-14-18-12-16-6-3-4-7-19(16)25(18)26-22(20)15-29-27(26)32/h3-4,6-9,13-14,24,28,30-31H,2,5,10-12,15H2,1H3,(H,29,32). The highest BCUT2D eigenvalue weighted by atomic mass is 16.3. The van der Waals surface area contributed by atoms with Crippen LogP contribution in [0.3, 0.4) is 0 Å². The summed E-state index contributed by atoms with van der Waals surface area (Å²) in [7, 11) is 0. The average Bonchev–Trinajstić information content (AvgIpc) is 3.38. The molecule has 5 rings (SSSR count). The van der Waals surface area contributed by atoms with E-state index in [-0.39, 0.29) is 12.5 Å². The Morgan fingerprint density at radius 3 is 2.69 bits per heavy atom. The fourth-order valence-corrected chi connectivity index (χ4v) is 4.97. The smallest absolute Gasteiger partial charge is 0.252 e. The van der Waals surface area contributed by atoms with Crippen LogP contribution in [0.5, 0.6) is 0 Å². The van der Waals surface area contributed by atoms with Crippen LogP contribution in [0.4, 0.5) is 5.69 Å². The van der Waals surface area contributed by atoms with Crippen LogP contribution in [0.25, 0.3) is 22.3 Å². The van der Waals surface area contributed by atoms with Crippen molar-refractivity contribution in [1.82, 2.24) is 5.32 Å². The molecule has 1 atom stereocenters. The Morgan fingerprint density at radius 2 is 1.88 bits per heavy atom. The van der Waals surface area contributed by atoms with Gasteiger partial charge in [0.2, 0.25) is 0 Å². The summed E-state index contributed by atoms with van der Waals surface area (Å²) in [5.74, 6) is -0.0191. The summed E-state index contributed by atoms with van der Waals surface area (Å²) in [6.07, 6.45) is 1.56. The van der Waals surface area contributed by atoms with E-state index in [0.717, 1.165) is 51.1 Å². The number of rotatable bonds is 7. The average molecular weight is 429 g/mol. The summed E-state index contributed by atoms with van der Waals surface area (Å²) in [6, 6.07) is 16.5. The number of carbonyl (C=O) groups is 1. The van der Waals surface area contributed by atoms with Crippen LogP contribution in [-0.4, -0.2) is 29.3 Å². The number of hydrogen-bond donors (Lipinski definition) is 4. The molecule has 32 heavy (non-hydrogen) atoms. The molecule has 4 N–H and O–H groups in total. The minimum absolute atomic E-state index is 0.0191. The summed E-state index contributed by atoms with van der Waals surface area (Å²) in [5.41, 5.74) is 10.3. The van der Waals surface area contributed by atoms with Crippen molar-refractivity contribution in [2.75, 3.05) is 18.5 Å². The van der Waals surface area contributed by atoms with Crippen molar-refractivity contribution >= 4 is 11.6 Å². The highest BCUT2D eigenvalue weighted by Gasteiger charge is 2.33. The predicted octanol–water partition coefficient (Wildman–Crippen LogP) is 4.41. The first-order valence-electron chi connectivity index (χ1n) is 11.3. The first kappa shape index (κ1) is 20.7. The van der Waals surface area contributed by atoms with Crippen molar-refractivity contribution in [3.05, 3.63) is 76.3 Å². The van der Waals surface area contributed by atoms with Gasteiger partial charge in [0.1, 0.15) is 0 Å². The third-order valence-corrected chi connectivity index (χ3v) is 6.59. The Balaban J connectivity index is 1.71. The summed E-state index contributed by atoms with van der Waals surface area (Å²) in [5, 5.41) is 26.2. The first-order valence-corrected chi connectivity index (χ1v) is 11.3. The number of aliphatic hydroxyl groups excluding tert-OH is 2. The third kappa shape index (κ3) is 3.38. The first-order chi connectivity index (χ1) is 15.6. The van der Waals surface area contributed by atoms with Crippen molar-refractivity contribution in [3.63, 3.8) is 0 Å². The monoisotopic (exact) mass is 428 g/mol. The molecule has 1 heterocycles. The number of carbonyl (C=O) groups excluding carboxylic acids is 1. The van der Waals surface area contributed by atoms with E-state index in [4.69, 9.17) is 0 Å². The van der Waals surface area contributed by atoms with Gasteiger partial charge in [0.15, 0.2) is 0 Å². The number of anilines is 1. The van der Waals surface area contributed by atoms with Crippen LogP contribution in [0.2, 0.25) is 0 Å². The van der Waals surface area contributed by atoms with Crippen LogP contribution >= 0.6 is 0 Å². The molecular formula is C27H28N2O3. The van der Waals surface area contributed by atoms with Crippen LogP contribution in [0.1, 0.15) is 58.5 Å². The second-order valence-corrected chi connectivity index (χ2v) is 8.56. The summed E-state index contributed by atoms with van der Waals surface area (Å²) in [4.78, 5) is 12.9. The maximum Gasteiger partial charge on any atom is 0.252 e. The van der Waals surface area contributed by atoms with Crippen molar-refractivity contribution in [2.45, 2.75) is 38.8 Å². The zero-order valence-electron chi connectivity index (χ0n) is 18.2. The predicted molar refractivity (Wildman–Crippen MR) is 127 cm³/mol. The van der Waals surface area contributed by atoms with E-state index < -0.39 is 6.10 Å². The van der Waals surface area contributed by atoms with Gasteiger partial charge in [-0.1, -0.05) is 37.3 Å². The minimum Gasteiger partial charge on any atom is -0.396 e. The SMILES string of the molecule is CCC(O)c1ccc(NCCCO)c(-c2cc3c(c4c2CNC4=O)-c2ccccc2C3)c1. The zero-order chi connectivity index (χ0) is 22.2. The van der Waals surface area contributed by atoms with Gasteiger partial charge in [0.05, 0.1) is 11.7 Å². The topological polar surface area (TPSA) is 81.6 Å². The number of amides is 1. The Bertz CT molecular complexity index is 1200. The number of hydrogen-bond acceptors (Lipinski definition) is 4. The van der Waals surface area contributed by atoms with E-state index in [2.05, 4.69) is 28.8 Å². The molecule has 164 valence electrons. The van der Waals surface area contributed by atoms with Gasteiger partial charge in [-0.05, 0) is 76.4 Å². The molecule has 0 bridgehead atoms. The van der Waals surface area contributed by atoms with E-state index in [0.29, 0.717) is 25.9 Å². The van der Waals surface area contributed by atoms with Crippen LogP contribution in [0.15, 0.2) is 48.5 Å². The molecule has 0 aromatic heterocycles. The van der Waals surface area contributed by atoms with Gasteiger partial charge in [0, 0.05) is 30.9 Å². The van der Waals surface area contributed by atoms with E-state index in [1.54, 1.807) is 0 Å².